The zero-order valence-electron chi connectivity index (χ0n) is 9.34. The summed E-state index contributed by atoms with van der Waals surface area (Å²) in [5.74, 6) is 2.17. The van der Waals surface area contributed by atoms with Crippen molar-refractivity contribution >= 4 is 5.78 Å². The summed E-state index contributed by atoms with van der Waals surface area (Å²) < 4.78 is 0. The first-order chi connectivity index (χ1) is 7.20. The van der Waals surface area contributed by atoms with Gasteiger partial charge in [0.2, 0.25) is 0 Å². The second-order valence-corrected chi connectivity index (χ2v) is 5.12. The monoisotopic (exact) mass is 203 g/mol. The summed E-state index contributed by atoms with van der Waals surface area (Å²) in [7, 11) is 0. The first kappa shape index (κ1) is 9.20. The van der Waals surface area contributed by atoms with Crippen molar-refractivity contribution in [1.29, 1.82) is 0 Å². The van der Waals surface area contributed by atoms with Gasteiger partial charge in [0, 0.05) is 12.1 Å². The van der Waals surface area contributed by atoms with Crippen LogP contribution in [0.25, 0.3) is 0 Å². The Balaban J connectivity index is 1.84. The molecule has 1 heterocycles. The Kier molecular flexibility index (Phi) is 1.82. The number of H-pyrrole nitrogens is 1. The van der Waals surface area contributed by atoms with Crippen molar-refractivity contribution in [3.05, 3.63) is 23.0 Å². The van der Waals surface area contributed by atoms with Gasteiger partial charge in [0.1, 0.15) is 0 Å². The molecule has 1 N–H and O–H groups in total. The number of hydrogen-bond donors (Lipinski definition) is 1. The highest BCUT2D eigenvalue weighted by Gasteiger charge is 2.56. The summed E-state index contributed by atoms with van der Waals surface area (Å²) in [6, 6.07) is 0. The van der Waals surface area contributed by atoms with E-state index in [9.17, 15) is 4.79 Å². The van der Waals surface area contributed by atoms with Crippen LogP contribution in [-0.2, 0) is 0 Å². The van der Waals surface area contributed by atoms with Gasteiger partial charge in [-0.1, -0.05) is 6.42 Å². The van der Waals surface area contributed by atoms with Crippen LogP contribution < -0.4 is 0 Å². The average molecular weight is 203 g/mol. The third-order valence-electron chi connectivity index (χ3n) is 4.36. The van der Waals surface area contributed by atoms with E-state index in [1.54, 1.807) is 0 Å². The molecule has 1 aromatic heterocycles. The van der Waals surface area contributed by atoms with Crippen molar-refractivity contribution in [3.8, 4) is 0 Å². The van der Waals surface area contributed by atoms with Gasteiger partial charge < -0.3 is 4.98 Å². The quantitative estimate of drug-likeness (QED) is 0.736. The van der Waals surface area contributed by atoms with E-state index >= 15 is 0 Å². The van der Waals surface area contributed by atoms with Crippen LogP contribution >= 0.6 is 0 Å². The van der Waals surface area contributed by atoms with Gasteiger partial charge in [0.05, 0.1) is 5.69 Å². The van der Waals surface area contributed by atoms with Gasteiger partial charge in [-0.05, 0) is 49.7 Å². The minimum Gasteiger partial charge on any atom is -0.358 e. The molecular formula is C13H17NO. The van der Waals surface area contributed by atoms with Crippen molar-refractivity contribution < 1.29 is 4.79 Å². The van der Waals surface area contributed by atoms with Gasteiger partial charge in [-0.2, -0.15) is 0 Å². The molecule has 80 valence electrons. The highest BCUT2D eigenvalue weighted by molar-refractivity contribution is 6.00. The van der Waals surface area contributed by atoms with Crippen LogP contribution in [-0.4, -0.2) is 10.8 Å². The first-order valence-corrected chi connectivity index (χ1v) is 5.89. The molecule has 2 heteroatoms. The van der Waals surface area contributed by atoms with Gasteiger partial charge in [0.15, 0.2) is 5.78 Å². The number of aryl methyl sites for hydroxylation is 1. The van der Waals surface area contributed by atoms with Crippen LogP contribution in [0.1, 0.15) is 40.9 Å². The predicted octanol–water partition coefficient (Wildman–Crippen LogP) is 2.86. The molecule has 15 heavy (non-hydrogen) atoms. The summed E-state index contributed by atoms with van der Waals surface area (Å²) in [4.78, 5) is 15.4. The highest BCUT2D eigenvalue weighted by Crippen LogP contribution is 2.58. The molecule has 2 atom stereocenters. The van der Waals surface area contributed by atoms with E-state index in [1.165, 1.54) is 24.8 Å². The van der Waals surface area contributed by atoms with Crippen LogP contribution in [0.4, 0.5) is 0 Å². The van der Waals surface area contributed by atoms with E-state index in [-0.39, 0.29) is 0 Å². The Morgan fingerprint density at radius 1 is 1.33 bits per heavy atom. The van der Waals surface area contributed by atoms with Gasteiger partial charge in [0.25, 0.3) is 0 Å². The maximum atomic E-state index is 12.2. The number of ketones is 1. The SMILES string of the molecule is Cc1c[nH]c(C(=O)C2C3CCCC32)c1C. The minimum atomic E-state index is 0.357. The third kappa shape index (κ3) is 1.20. The van der Waals surface area contributed by atoms with E-state index in [4.69, 9.17) is 0 Å². The number of rotatable bonds is 2. The Labute approximate surface area is 90.1 Å². The molecule has 0 amide bonds. The Hall–Kier alpha value is -1.05. The molecule has 0 spiro atoms. The molecular weight excluding hydrogens is 186 g/mol. The lowest BCUT2D eigenvalue weighted by Crippen LogP contribution is -2.08. The first-order valence-electron chi connectivity index (χ1n) is 5.89. The van der Waals surface area contributed by atoms with Crippen LogP contribution in [0.15, 0.2) is 6.20 Å². The minimum absolute atomic E-state index is 0.357. The van der Waals surface area contributed by atoms with Crippen molar-refractivity contribution in [3.63, 3.8) is 0 Å². The zero-order chi connectivity index (χ0) is 10.6. The lowest BCUT2D eigenvalue weighted by molar-refractivity contribution is 0.0946. The molecule has 2 aliphatic carbocycles. The van der Waals surface area contributed by atoms with E-state index in [2.05, 4.69) is 11.9 Å². The fourth-order valence-electron chi connectivity index (χ4n) is 3.23. The van der Waals surface area contributed by atoms with Gasteiger partial charge in [-0.15, -0.1) is 0 Å². The van der Waals surface area contributed by atoms with Crippen LogP contribution in [0.2, 0.25) is 0 Å². The molecule has 2 fully saturated rings. The van der Waals surface area contributed by atoms with E-state index < -0.39 is 0 Å². The van der Waals surface area contributed by atoms with Crippen LogP contribution in [0.5, 0.6) is 0 Å². The van der Waals surface area contributed by atoms with E-state index in [0.29, 0.717) is 11.7 Å². The molecule has 2 nitrogen and oxygen atoms in total. The summed E-state index contributed by atoms with van der Waals surface area (Å²) in [6.45, 7) is 4.09. The number of hydrogen-bond acceptors (Lipinski definition) is 1. The average Bonchev–Trinajstić information content (AvgIpc) is 2.58. The maximum absolute atomic E-state index is 12.2. The molecule has 2 saturated carbocycles. The number of aromatic amines is 1. The highest BCUT2D eigenvalue weighted by atomic mass is 16.1. The topological polar surface area (TPSA) is 32.9 Å². The predicted molar refractivity (Wildman–Crippen MR) is 58.9 cm³/mol. The number of aromatic nitrogens is 1. The fourth-order valence-corrected chi connectivity index (χ4v) is 3.23. The van der Waals surface area contributed by atoms with E-state index in [1.807, 2.05) is 13.1 Å². The number of carbonyl (C=O) groups excluding carboxylic acids is 1. The third-order valence-corrected chi connectivity index (χ3v) is 4.36. The summed E-state index contributed by atoms with van der Waals surface area (Å²) in [5.41, 5.74) is 3.21. The Bertz CT molecular complexity index is 408. The maximum Gasteiger partial charge on any atom is 0.182 e. The van der Waals surface area contributed by atoms with Crippen LogP contribution in [0.3, 0.4) is 0 Å². The standard InChI is InChI=1S/C13H17NO/c1-7-6-14-12(8(7)2)13(15)11-9-4-3-5-10(9)11/h6,9-11,14H,3-5H2,1-2H3. The fraction of sp³-hybridized carbons (Fsp3) is 0.615. The second-order valence-electron chi connectivity index (χ2n) is 5.12. The molecule has 1 aromatic rings. The zero-order valence-corrected chi connectivity index (χ0v) is 9.34. The number of carbonyl (C=O) groups is 1. The lowest BCUT2D eigenvalue weighted by Gasteiger charge is -2.02. The molecule has 0 saturated heterocycles. The Morgan fingerprint density at radius 2 is 2.00 bits per heavy atom. The smallest absolute Gasteiger partial charge is 0.182 e. The van der Waals surface area contributed by atoms with Crippen molar-refractivity contribution in [2.24, 2.45) is 17.8 Å². The molecule has 3 rings (SSSR count). The number of nitrogens with one attached hydrogen (secondary N) is 1. The number of fused-ring (bicyclic) bond motifs is 1. The number of Topliss-reactive ketones (excluding diaryl/α,β-unsaturated/α-hetero) is 1. The molecule has 0 aliphatic heterocycles. The Morgan fingerprint density at radius 3 is 2.53 bits per heavy atom. The van der Waals surface area contributed by atoms with Crippen molar-refractivity contribution in [2.75, 3.05) is 0 Å². The molecule has 0 bridgehead atoms. The van der Waals surface area contributed by atoms with E-state index in [0.717, 1.165) is 23.1 Å². The second kappa shape index (κ2) is 2.97. The van der Waals surface area contributed by atoms with Gasteiger partial charge >= 0.3 is 0 Å². The molecule has 2 aliphatic rings. The van der Waals surface area contributed by atoms with Gasteiger partial charge in [-0.3, -0.25) is 4.79 Å². The summed E-state index contributed by atoms with van der Waals surface area (Å²) >= 11 is 0. The molecule has 0 aromatic carbocycles. The van der Waals surface area contributed by atoms with Crippen LogP contribution in [0, 0.1) is 31.6 Å². The molecule has 2 unspecified atom stereocenters. The summed E-state index contributed by atoms with van der Waals surface area (Å²) in [5, 5.41) is 0. The van der Waals surface area contributed by atoms with Gasteiger partial charge in [-0.25, -0.2) is 0 Å². The normalized spacial score (nSPS) is 32.8. The van der Waals surface area contributed by atoms with Crippen molar-refractivity contribution in [2.45, 2.75) is 33.1 Å². The lowest BCUT2D eigenvalue weighted by atomic mass is 10.0. The van der Waals surface area contributed by atoms with Crippen molar-refractivity contribution in [1.82, 2.24) is 4.98 Å². The largest absolute Gasteiger partial charge is 0.358 e. The molecule has 0 radical (unpaired) electrons. The summed E-state index contributed by atoms with van der Waals surface area (Å²) in [6.07, 6.45) is 5.84.